The fourth-order valence-corrected chi connectivity index (χ4v) is 2.60. The van der Waals surface area contributed by atoms with Crippen molar-refractivity contribution in [3.05, 3.63) is 0 Å². The van der Waals surface area contributed by atoms with Crippen LogP contribution in [-0.4, -0.2) is 76.5 Å². The highest BCUT2D eigenvalue weighted by Crippen LogP contribution is 2.06. The fourth-order valence-electron chi connectivity index (χ4n) is 2.60. The molecule has 14 heteroatoms. The summed E-state index contributed by atoms with van der Waals surface area (Å²) in [5.41, 5.74) is 16.3. The van der Waals surface area contributed by atoms with E-state index in [1.54, 1.807) is 6.92 Å². The number of carbonyl (C=O) groups excluding carboxylic acids is 3. The molecule has 3 amide bonds. The highest BCUT2D eigenvalue weighted by atomic mass is 16.4. The number of amides is 3. The SMILES string of the molecule is CCC(C)C(N)C(=O)NC(C)C(=O)NC(CCCN=C(N)N)C(=O)NC(CC(=O)O)C(=O)O. The summed E-state index contributed by atoms with van der Waals surface area (Å²) in [5.74, 6) is -5.41. The molecule has 0 saturated carbocycles. The number of nitrogens with one attached hydrogen (secondary N) is 3. The zero-order valence-corrected chi connectivity index (χ0v) is 19.0. The monoisotopic (exact) mass is 473 g/mol. The summed E-state index contributed by atoms with van der Waals surface area (Å²) in [5, 5.41) is 25.0. The van der Waals surface area contributed by atoms with Gasteiger partial charge in [0.1, 0.15) is 18.1 Å². The number of carboxylic acids is 2. The van der Waals surface area contributed by atoms with Gasteiger partial charge in [0.05, 0.1) is 12.5 Å². The van der Waals surface area contributed by atoms with Crippen molar-refractivity contribution >= 4 is 35.6 Å². The Kier molecular flexibility index (Phi) is 13.1. The van der Waals surface area contributed by atoms with Crippen molar-refractivity contribution in [3.8, 4) is 0 Å². The molecule has 0 aliphatic heterocycles. The lowest BCUT2D eigenvalue weighted by atomic mass is 9.99. The van der Waals surface area contributed by atoms with Crippen molar-refractivity contribution in [2.75, 3.05) is 6.54 Å². The van der Waals surface area contributed by atoms with E-state index in [2.05, 4.69) is 20.9 Å². The minimum absolute atomic E-state index is 0.0147. The van der Waals surface area contributed by atoms with Gasteiger partial charge in [-0.05, 0) is 25.7 Å². The van der Waals surface area contributed by atoms with Gasteiger partial charge in [-0.1, -0.05) is 20.3 Å². The van der Waals surface area contributed by atoms with Crippen molar-refractivity contribution < 1.29 is 34.2 Å². The van der Waals surface area contributed by atoms with Gasteiger partial charge < -0.3 is 43.4 Å². The number of aliphatic carboxylic acids is 2. The smallest absolute Gasteiger partial charge is 0.326 e. The Morgan fingerprint density at radius 3 is 1.97 bits per heavy atom. The lowest BCUT2D eigenvalue weighted by Gasteiger charge is -2.24. The van der Waals surface area contributed by atoms with Gasteiger partial charge in [0, 0.05) is 6.54 Å². The molecule has 5 atom stereocenters. The van der Waals surface area contributed by atoms with Gasteiger partial charge in [-0.3, -0.25) is 24.2 Å². The maximum Gasteiger partial charge on any atom is 0.326 e. The van der Waals surface area contributed by atoms with Crippen molar-refractivity contribution in [1.29, 1.82) is 0 Å². The Labute approximate surface area is 191 Å². The van der Waals surface area contributed by atoms with Crippen LogP contribution in [0, 0.1) is 5.92 Å². The number of rotatable bonds is 15. The number of hydrogen-bond acceptors (Lipinski definition) is 7. The van der Waals surface area contributed by atoms with Crippen LogP contribution in [0.4, 0.5) is 0 Å². The summed E-state index contributed by atoms with van der Waals surface area (Å²) < 4.78 is 0. The second-order valence-electron chi connectivity index (χ2n) is 7.65. The third-order valence-electron chi connectivity index (χ3n) is 4.88. The Morgan fingerprint density at radius 1 is 0.909 bits per heavy atom. The van der Waals surface area contributed by atoms with Crippen LogP contribution in [0.3, 0.4) is 0 Å². The minimum atomic E-state index is -1.70. The zero-order valence-electron chi connectivity index (χ0n) is 19.0. The van der Waals surface area contributed by atoms with Crippen LogP contribution in [0.5, 0.6) is 0 Å². The summed E-state index contributed by atoms with van der Waals surface area (Å²) in [6, 6.07) is -4.80. The Morgan fingerprint density at radius 2 is 1.48 bits per heavy atom. The molecular weight excluding hydrogens is 438 g/mol. The molecule has 0 aliphatic carbocycles. The number of nitrogens with two attached hydrogens (primary N) is 3. The van der Waals surface area contributed by atoms with E-state index in [1.165, 1.54) is 6.92 Å². The van der Waals surface area contributed by atoms with Crippen LogP contribution in [0.25, 0.3) is 0 Å². The summed E-state index contributed by atoms with van der Waals surface area (Å²) in [6.07, 6.45) is 0.0668. The largest absolute Gasteiger partial charge is 0.481 e. The van der Waals surface area contributed by atoms with Crippen LogP contribution in [0.1, 0.15) is 46.5 Å². The van der Waals surface area contributed by atoms with Gasteiger partial charge in [-0.15, -0.1) is 0 Å². The summed E-state index contributed by atoms with van der Waals surface area (Å²) in [4.78, 5) is 63.3. The van der Waals surface area contributed by atoms with Crippen LogP contribution in [0.15, 0.2) is 4.99 Å². The molecular formula is C19H35N7O7. The molecule has 0 bridgehead atoms. The van der Waals surface area contributed by atoms with E-state index in [4.69, 9.17) is 27.4 Å². The molecule has 33 heavy (non-hydrogen) atoms. The number of carboxylic acid groups (broad SMARTS) is 2. The molecule has 0 aliphatic rings. The van der Waals surface area contributed by atoms with Crippen LogP contribution >= 0.6 is 0 Å². The standard InChI is InChI=1S/C19H35N7O7/c1-4-9(2)14(20)17(31)24-10(3)15(29)25-11(6-5-7-23-19(21)22)16(30)26-12(18(32)33)8-13(27)28/h9-12,14H,4-8,20H2,1-3H3,(H,24,31)(H,25,29)(H,26,30)(H,27,28)(H,32,33)(H4,21,22,23). The predicted molar refractivity (Wildman–Crippen MR) is 119 cm³/mol. The number of hydrogen-bond donors (Lipinski definition) is 8. The molecule has 14 nitrogen and oxygen atoms in total. The summed E-state index contributed by atoms with van der Waals surface area (Å²) >= 11 is 0. The average Bonchev–Trinajstić information content (AvgIpc) is 2.73. The van der Waals surface area contributed by atoms with Crippen LogP contribution < -0.4 is 33.2 Å². The fraction of sp³-hybridized carbons (Fsp3) is 0.684. The number of guanidine groups is 1. The van der Waals surface area contributed by atoms with E-state index in [-0.39, 0.29) is 31.3 Å². The molecule has 0 aromatic rings. The first-order valence-electron chi connectivity index (χ1n) is 10.5. The third kappa shape index (κ3) is 11.7. The van der Waals surface area contributed by atoms with E-state index in [0.717, 1.165) is 0 Å². The first-order chi connectivity index (χ1) is 15.3. The van der Waals surface area contributed by atoms with Gasteiger partial charge in [-0.2, -0.15) is 0 Å². The average molecular weight is 474 g/mol. The maximum absolute atomic E-state index is 12.6. The Hall–Kier alpha value is -3.42. The highest BCUT2D eigenvalue weighted by molar-refractivity contribution is 5.94. The second-order valence-corrected chi connectivity index (χ2v) is 7.65. The van der Waals surface area contributed by atoms with Crippen LogP contribution in [0.2, 0.25) is 0 Å². The first-order valence-corrected chi connectivity index (χ1v) is 10.5. The van der Waals surface area contributed by atoms with Crippen molar-refractivity contribution in [1.82, 2.24) is 16.0 Å². The Balaban J connectivity index is 5.30. The normalized spacial score (nSPS) is 15.2. The summed E-state index contributed by atoms with van der Waals surface area (Å²) in [7, 11) is 0. The van der Waals surface area contributed by atoms with Gasteiger partial charge >= 0.3 is 11.9 Å². The van der Waals surface area contributed by atoms with Crippen molar-refractivity contribution in [3.63, 3.8) is 0 Å². The lowest BCUT2D eigenvalue weighted by Crippen LogP contribution is -2.57. The number of aliphatic imine (C=N–C) groups is 1. The quantitative estimate of drug-likeness (QED) is 0.0701. The molecule has 0 spiro atoms. The van der Waals surface area contributed by atoms with E-state index in [1.807, 2.05) is 6.92 Å². The van der Waals surface area contributed by atoms with Crippen molar-refractivity contribution in [2.24, 2.45) is 28.1 Å². The number of nitrogens with zero attached hydrogens (tertiary/aromatic N) is 1. The highest BCUT2D eigenvalue weighted by Gasteiger charge is 2.30. The molecule has 0 fully saturated rings. The van der Waals surface area contributed by atoms with Gasteiger partial charge in [-0.25, -0.2) is 4.79 Å². The maximum atomic E-state index is 12.6. The minimum Gasteiger partial charge on any atom is -0.481 e. The Bertz CT molecular complexity index is 740. The molecule has 5 unspecified atom stereocenters. The molecule has 0 radical (unpaired) electrons. The topological polar surface area (TPSA) is 252 Å². The molecule has 0 aromatic heterocycles. The van der Waals surface area contributed by atoms with E-state index < -0.39 is 60.2 Å². The molecule has 0 rings (SSSR count). The second kappa shape index (κ2) is 14.6. The first kappa shape index (κ1) is 29.6. The van der Waals surface area contributed by atoms with Gasteiger partial charge in [0.15, 0.2) is 5.96 Å². The molecule has 0 heterocycles. The van der Waals surface area contributed by atoms with E-state index in [9.17, 15) is 24.0 Å². The van der Waals surface area contributed by atoms with E-state index in [0.29, 0.717) is 6.42 Å². The zero-order chi connectivity index (χ0) is 25.7. The van der Waals surface area contributed by atoms with Crippen LogP contribution in [-0.2, 0) is 24.0 Å². The molecule has 188 valence electrons. The molecule has 0 aromatic carbocycles. The van der Waals surface area contributed by atoms with Crippen molar-refractivity contribution in [2.45, 2.75) is 70.6 Å². The van der Waals surface area contributed by atoms with Gasteiger partial charge in [0.2, 0.25) is 17.7 Å². The lowest BCUT2D eigenvalue weighted by molar-refractivity contribution is -0.147. The summed E-state index contributed by atoms with van der Waals surface area (Å²) in [6.45, 7) is 5.20. The molecule has 11 N–H and O–H groups in total. The molecule has 0 saturated heterocycles. The third-order valence-corrected chi connectivity index (χ3v) is 4.88. The van der Waals surface area contributed by atoms with E-state index >= 15 is 0 Å². The predicted octanol–water partition coefficient (Wildman–Crippen LogP) is -2.55. The van der Waals surface area contributed by atoms with Gasteiger partial charge in [0.25, 0.3) is 0 Å². The number of carbonyl (C=O) groups is 5.